The van der Waals surface area contributed by atoms with Crippen LogP contribution in [0.4, 0.5) is 0 Å². The number of cyclic esters (lactones) is 1. The molecule has 0 aromatic rings. The fourth-order valence-corrected chi connectivity index (χ4v) is 1.19. The van der Waals surface area contributed by atoms with Gasteiger partial charge in [-0.1, -0.05) is 6.92 Å². The van der Waals surface area contributed by atoms with Crippen LogP contribution in [0.1, 0.15) is 20.8 Å². The zero-order chi connectivity index (χ0) is 8.65. The summed E-state index contributed by atoms with van der Waals surface area (Å²) in [6.07, 6.45) is 0. The summed E-state index contributed by atoms with van der Waals surface area (Å²) in [5.41, 5.74) is -0.475. The molecular formula is C8H11NO2. The highest BCUT2D eigenvalue weighted by Crippen LogP contribution is 2.35. The van der Waals surface area contributed by atoms with Crippen molar-refractivity contribution in [1.82, 2.24) is 0 Å². The Bertz CT molecular complexity index is 227. The van der Waals surface area contributed by atoms with Gasteiger partial charge in [0.25, 0.3) is 0 Å². The van der Waals surface area contributed by atoms with E-state index in [9.17, 15) is 4.79 Å². The van der Waals surface area contributed by atoms with Gasteiger partial charge in [-0.25, -0.2) is 0 Å². The lowest BCUT2D eigenvalue weighted by Gasteiger charge is -2.21. The monoisotopic (exact) mass is 153 g/mol. The van der Waals surface area contributed by atoms with Crippen LogP contribution < -0.4 is 0 Å². The van der Waals surface area contributed by atoms with Crippen LogP contribution in [0, 0.1) is 23.2 Å². The molecule has 60 valence electrons. The second-order valence-electron chi connectivity index (χ2n) is 3.42. The fraction of sp³-hybridized carbons (Fsp3) is 0.750. The van der Waals surface area contributed by atoms with Gasteiger partial charge in [0.1, 0.15) is 11.5 Å². The minimum absolute atomic E-state index is 0.0139. The Kier molecular flexibility index (Phi) is 1.63. The third-order valence-electron chi connectivity index (χ3n) is 2.35. The Morgan fingerprint density at radius 2 is 2.18 bits per heavy atom. The largest absolute Gasteiger partial charge is 0.458 e. The molecule has 3 nitrogen and oxygen atoms in total. The molecule has 3 heteroatoms. The number of hydrogen-bond donors (Lipinski definition) is 0. The van der Waals surface area contributed by atoms with Gasteiger partial charge >= 0.3 is 5.97 Å². The Morgan fingerprint density at radius 3 is 2.36 bits per heavy atom. The zero-order valence-electron chi connectivity index (χ0n) is 6.92. The molecule has 0 aliphatic carbocycles. The lowest BCUT2D eigenvalue weighted by molar-refractivity contribution is -0.147. The van der Waals surface area contributed by atoms with E-state index in [0.29, 0.717) is 0 Å². The van der Waals surface area contributed by atoms with Crippen LogP contribution in [-0.4, -0.2) is 11.6 Å². The maximum absolute atomic E-state index is 11.0. The quantitative estimate of drug-likeness (QED) is 0.489. The molecule has 11 heavy (non-hydrogen) atoms. The fourth-order valence-electron chi connectivity index (χ4n) is 1.19. The molecule has 0 aromatic carbocycles. The lowest BCUT2D eigenvalue weighted by atomic mass is 9.86. The van der Waals surface area contributed by atoms with Crippen LogP contribution in [0.3, 0.4) is 0 Å². The van der Waals surface area contributed by atoms with E-state index < -0.39 is 11.5 Å². The second kappa shape index (κ2) is 2.23. The predicted molar refractivity (Wildman–Crippen MR) is 38.4 cm³/mol. The van der Waals surface area contributed by atoms with Crippen molar-refractivity contribution in [3.05, 3.63) is 0 Å². The molecule has 0 amide bonds. The molecule has 0 spiro atoms. The van der Waals surface area contributed by atoms with Gasteiger partial charge in [0.2, 0.25) is 0 Å². The summed E-state index contributed by atoms with van der Waals surface area (Å²) >= 11 is 0. The third-order valence-corrected chi connectivity index (χ3v) is 2.35. The van der Waals surface area contributed by atoms with Gasteiger partial charge in [0.15, 0.2) is 0 Å². The maximum Gasteiger partial charge on any atom is 0.324 e. The summed E-state index contributed by atoms with van der Waals surface area (Å²) in [6.45, 7) is 5.51. The topological polar surface area (TPSA) is 50.1 Å². The molecule has 0 aromatic heterocycles. The van der Waals surface area contributed by atoms with E-state index in [1.165, 1.54) is 0 Å². The summed E-state index contributed by atoms with van der Waals surface area (Å²) in [6, 6.07) is 1.94. The molecule has 1 heterocycles. The summed E-state index contributed by atoms with van der Waals surface area (Å²) in [7, 11) is 0. The average Bonchev–Trinajstić information content (AvgIpc) is 2.04. The van der Waals surface area contributed by atoms with Gasteiger partial charge in [0, 0.05) is 5.92 Å². The maximum atomic E-state index is 11.0. The zero-order valence-corrected chi connectivity index (χ0v) is 6.92. The van der Waals surface area contributed by atoms with Gasteiger partial charge < -0.3 is 4.74 Å². The van der Waals surface area contributed by atoms with Crippen molar-refractivity contribution < 1.29 is 9.53 Å². The van der Waals surface area contributed by atoms with E-state index in [-0.39, 0.29) is 11.9 Å². The highest BCUT2D eigenvalue weighted by Gasteiger charge is 2.47. The van der Waals surface area contributed by atoms with Crippen molar-refractivity contribution in [3.63, 3.8) is 0 Å². The van der Waals surface area contributed by atoms with Gasteiger partial charge in [-0.3, -0.25) is 4.79 Å². The summed E-state index contributed by atoms with van der Waals surface area (Å²) in [5.74, 6) is -0.977. The molecule has 1 aliphatic rings. The summed E-state index contributed by atoms with van der Waals surface area (Å²) < 4.78 is 5.00. The number of rotatable bonds is 0. The van der Waals surface area contributed by atoms with Crippen LogP contribution in [0.5, 0.6) is 0 Å². The highest BCUT2D eigenvalue weighted by atomic mass is 16.6. The number of nitriles is 1. The van der Waals surface area contributed by atoms with Crippen LogP contribution in [-0.2, 0) is 9.53 Å². The first-order valence-electron chi connectivity index (χ1n) is 3.61. The van der Waals surface area contributed by atoms with Crippen molar-refractivity contribution in [2.45, 2.75) is 26.4 Å². The van der Waals surface area contributed by atoms with Crippen molar-refractivity contribution in [2.75, 3.05) is 0 Å². The van der Waals surface area contributed by atoms with Crippen LogP contribution in [0.25, 0.3) is 0 Å². The minimum atomic E-state index is -0.579. The molecule has 2 atom stereocenters. The third kappa shape index (κ3) is 1.09. The van der Waals surface area contributed by atoms with E-state index in [1.54, 1.807) is 0 Å². The normalized spacial score (nSPS) is 34.5. The smallest absolute Gasteiger partial charge is 0.324 e. The molecule has 1 saturated heterocycles. The Labute approximate surface area is 66.0 Å². The predicted octanol–water partition coefficient (Wildman–Crippen LogP) is 1.10. The first kappa shape index (κ1) is 8.06. The van der Waals surface area contributed by atoms with Gasteiger partial charge in [-0.15, -0.1) is 0 Å². The molecule has 0 N–H and O–H groups in total. The Hall–Kier alpha value is -1.04. The summed E-state index contributed by atoms with van der Waals surface area (Å²) in [5, 5.41) is 8.59. The number of carbonyl (C=O) groups excluding carboxylic acids is 1. The molecule has 0 saturated carbocycles. The van der Waals surface area contributed by atoms with Crippen molar-refractivity contribution >= 4 is 5.97 Å². The Balaban J connectivity index is 2.90. The SMILES string of the molecule is CC1C(C#N)C(=O)OC1(C)C. The van der Waals surface area contributed by atoms with Gasteiger partial charge in [-0.05, 0) is 13.8 Å². The minimum Gasteiger partial charge on any atom is -0.458 e. The molecule has 2 unspecified atom stereocenters. The van der Waals surface area contributed by atoms with Crippen molar-refractivity contribution in [2.24, 2.45) is 11.8 Å². The van der Waals surface area contributed by atoms with Crippen LogP contribution in [0.2, 0.25) is 0 Å². The second-order valence-corrected chi connectivity index (χ2v) is 3.42. The number of nitrogens with zero attached hydrogens (tertiary/aromatic N) is 1. The molecule has 1 fully saturated rings. The number of hydrogen-bond acceptors (Lipinski definition) is 3. The molecule has 0 radical (unpaired) electrons. The number of carbonyl (C=O) groups is 1. The molecule has 1 rings (SSSR count). The van der Waals surface area contributed by atoms with E-state index in [1.807, 2.05) is 26.8 Å². The number of ether oxygens (including phenoxy) is 1. The first-order chi connectivity index (χ1) is 4.99. The van der Waals surface area contributed by atoms with Gasteiger partial charge in [0.05, 0.1) is 6.07 Å². The first-order valence-corrected chi connectivity index (χ1v) is 3.61. The Morgan fingerprint density at radius 1 is 1.64 bits per heavy atom. The van der Waals surface area contributed by atoms with Crippen molar-refractivity contribution in [1.29, 1.82) is 5.26 Å². The van der Waals surface area contributed by atoms with E-state index in [2.05, 4.69) is 0 Å². The average molecular weight is 153 g/mol. The van der Waals surface area contributed by atoms with Gasteiger partial charge in [-0.2, -0.15) is 5.26 Å². The van der Waals surface area contributed by atoms with Crippen molar-refractivity contribution in [3.8, 4) is 6.07 Å². The van der Waals surface area contributed by atoms with E-state index >= 15 is 0 Å². The highest BCUT2D eigenvalue weighted by molar-refractivity contribution is 5.78. The van der Waals surface area contributed by atoms with E-state index in [4.69, 9.17) is 10.00 Å². The van der Waals surface area contributed by atoms with Crippen LogP contribution >= 0.6 is 0 Å². The van der Waals surface area contributed by atoms with E-state index in [0.717, 1.165) is 0 Å². The van der Waals surface area contributed by atoms with Crippen LogP contribution in [0.15, 0.2) is 0 Å². The molecular weight excluding hydrogens is 142 g/mol. The molecule has 0 bridgehead atoms. The summed E-state index contributed by atoms with van der Waals surface area (Å²) in [4.78, 5) is 11.0. The number of esters is 1. The molecule has 1 aliphatic heterocycles. The standard InChI is InChI=1S/C8H11NO2/c1-5-6(4-9)7(10)11-8(5,2)3/h5-6H,1-3H3. The lowest BCUT2D eigenvalue weighted by Crippen LogP contribution is -2.26.